The summed E-state index contributed by atoms with van der Waals surface area (Å²) in [6, 6.07) is 7.73. The number of aromatic nitrogens is 1. The van der Waals surface area contributed by atoms with Gasteiger partial charge in [0.1, 0.15) is 0 Å². The topological polar surface area (TPSA) is 54.0 Å². The Morgan fingerprint density at radius 2 is 2.24 bits per heavy atom. The number of fused-ring (bicyclic) bond motifs is 1. The first-order chi connectivity index (χ1) is 10.2. The lowest BCUT2D eigenvalue weighted by Gasteiger charge is -2.16. The van der Waals surface area contributed by atoms with E-state index >= 15 is 0 Å². The van der Waals surface area contributed by atoms with Crippen LogP contribution >= 0.6 is 15.9 Å². The Bertz CT molecular complexity index is 651. The summed E-state index contributed by atoms with van der Waals surface area (Å²) < 4.78 is 0.934. The van der Waals surface area contributed by atoms with Crippen molar-refractivity contribution in [2.75, 3.05) is 11.9 Å². The van der Waals surface area contributed by atoms with E-state index in [9.17, 15) is 4.79 Å². The van der Waals surface area contributed by atoms with Crippen molar-refractivity contribution in [3.8, 4) is 0 Å². The minimum atomic E-state index is -0.0989. The molecule has 0 saturated carbocycles. The van der Waals surface area contributed by atoms with Crippen LogP contribution in [0.3, 0.4) is 0 Å². The summed E-state index contributed by atoms with van der Waals surface area (Å²) >= 11 is 3.42. The molecule has 1 aliphatic heterocycles. The second-order valence-corrected chi connectivity index (χ2v) is 6.29. The van der Waals surface area contributed by atoms with Crippen LogP contribution in [0.4, 0.5) is 5.69 Å². The molecule has 3 rings (SSSR count). The summed E-state index contributed by atoms with van der Waals surface area (Å²) in [6.45, 7) is 0.915. The predicted octanol–water partition coefficient (Wildman–Crippen LogP) is 3.47. The zero-order valence-electron chi connectivity index (χ0n) is 11.7. The fourth-order valence-electron chi connectivity index (χ4n) is 2.71. The summed E-state index contributed by atoms with van der Waals surface area (Å²) in [6.07, 6.45) is 6.09. The van der Waals surface area contributed by atoms with Gasteiger partial charge in [0.15, 0.2) is 0 Å². The number of hydrogen-bond donors (Lipinski definition) is 2. The van der Waals surface area contributed by atoms with E-state index in [-0.39, 0.29) is 11.9 Å². The Hall–Kier alpha value is -1.46. The molecule has 1 aromatic carbocycles. The molecule has 2 N–H and O–H groups in total. The Morgan fingerprint density at radius 3 is 3.14 bits per heavy atom. The zero-order valence-corrected chi connectivity index (χ0v) is 13.3. The van der Waals surface area contributed by atoms with Gasteiger partial charge in [0.2, 0.25) is 5.91 Å². The van der Waals surface area contributed by atoms with E-state index in [4.69, 9.17) is 0 Å². The smallest absolute Gasteiger partial charge is 0.241 e. The van der Waals surface area contributed by atoms with Crippen LogP contribution in [-0.2, 0) is 4.79 Å². The number of anilines is 1. The van der Waals surface area contributed by atoms with Crippen LogP contribution in [0.15, 0.2) is 34.9 Å². The van der Waals surface area contributed by atoms with Gasteiger partial charge in [-0.1, -0.05) is 25.0 Å². The molecule has 0 aliphatic carbocycles. The average molecular weight is 348 g/mol. The molecule has 2 aromatic rings. The van der Waals surface area contributed by atoms with E-state index in [1.165, 1.54) is 6.42 Å². The highest BCUT2D eigenvalue weighted by Gasteiger charge is 2.20. The molecule has 110 valence electrons. The summed E-state index contributed by atoms with van der Waals surface area (Å²) in [4.78, 5) is 16.8. The number of nitrogens with zero attached hydrogens (tertiary/aromatic N) is 1. The Morgan fingerprint density at radius 1 is 1.33 bits per heavy atom. The number of carbonyl (C=O) groups is 1. The van der Waals surface area contributed by atoms with Gasteiger partial charge in [-0.25, -0.2) is 0 Å². The zero-order chi connectivity index (χ0) is 14.7. The molecule has 1 unspecified atom stereocenters. The van der Waals surface area contributed by atoms with Crippen molar-refractivity contribution in [1.29, 1.82) is 0 Å². The van der Waals surface area contributed by atoms with Crippen molar-refractivity contribution in [3.05, 3.63) is 34.9 Å². The van der Waals surface area contributed by atoms with Crippen LogP contribution in [-0.4, -0.2) is 23.5 Å². The van der Waals surface area contributed by atoms with Gasteiger partial charge in [0, 0.05) is 16.1 Å². The maximum Gasteiger partial charge on any atom is 0.241 e. The molecule has 4 nitrogen and oxygen atoms in total. The van der Waals surface area contributed by atoms with Gasteiger partial charge in [0.25, 0.3) is 0 Å². The molecule has 1 saturated heterocycles. The molecule has 0 spiro atoms. The third-order valence-electron chi connectivity index (χ3n) is 3.81. The number of nitrogens with one attached hydrogen (secondary N) is 2. The minimum absolute atomic E-state index is 0.0362. The second-order valence-electron chi connectivity index (χ2n) is 5.38. The van der Waals surface area contributed by atoms with E-state index in [1.807, 2.05) is 24.3 Å². The second kappa shape index (κ2) is 6.54. The van der Waals surface area contributed by atoms with Gasteiger partial charge in [-0.15, -0.1) is 0 Å². The SMILES string of the molecule is O=C(Nc1cccc2cc(Br)cnc12)C1CCCCCN1. The van der Waals surface area contributed by atoms with Crippen LogP contribution in [0.1, 0.15) is 25.7 Å². The molecule has 21 heavy (non-hydrogen) atoms. The van der Waals surface area contributed by atoms with E-state index in [0.717, 1.165) is 46.9 Å². The lowest BCUT2D eigenvalue weighted by molar-refractivity contribution is -0.118. The third-order valence-corrected chi connectivity index (χ3v) is 4.25. The van der Waals surface area contributed by atoms with Gasteiger partial charge >= 0.3 is 0 Å². The summed E-state index contributed by atoms with van der Waals surface area (Å²) in [5.41, 5.74) is 1.60. The first kappa shape index (κ1) is 14.5. The minimum Gasteiger partial charge on any atom is -0.323 e. The number of para-hydroxylation sites is 1. The number of rotatable bonds is 2. The maximum atomic E-state index is 12.4. The van der Waals surface area contributed by atoms with Crippen LogP contribution in [0, 0.1) is 0 Å². The molecule has 1 atom stereocenters. The Kier molecular flexibility index (Phi) is 4.51. The fourth-order valence-corrected chi connectivity index (χ4v) is 3.06. The lowest BCUT2D eigenvalue weighted by Crippen LogP contribution is -2.39. The van der Waals surface area contributed by atoms with E-state index in [1.54, 1.807) is 6.20 Å². The lowest BCUT2D eigenvalue weighted by atomic mass is 10.1. The normalized spacial score (nSPS) is 19.2. The van der Waals surface area contributed by atoms with Gasteiger partial charge < -0.3 is 10.6 Å². The average Bonchev–Trinajstić information content (AvgIpc) is 2.76. The van der Waals surface area contributed by atoms with Crippen LogP contribution in [0.25, 0.3) is 10.9 Å². The van der Waals surface area contributed by atoms with E-state index in [0.29, 0.717) is 0 Å². The van der Waals surface area contributed by atoms with Gasteiger partial charge in [0.05, 0.1) is 17.2 Å². The monoisotopic (exact) mass is 347 g/mol. The molecular weight excluding hydrogens is 330 g/mol. The Labute approximate surface area is 132 Å². The van der Waals surface area contributed by atoms with Crippen LogP contribution < -0.4 is 10.6 Å². The molecule has 0 radical (unpaired) electrons. The molecule has 1 fully saturated rings. The van der Waals surface area contributed by atoms with E-state index < -0.39 is 0 Å². The van der Waals surface area contributed by atoms with Crippen molar-refractivity contribution in [2.45, 2.75) is 31.7 Å². The standard InChI is InChI=1S/C16H18BrN3O/c17-12-9-11-5-4-7-13(15(11)19-10-12)20-16(21)14-6-2-1-3-8-18-14/h4-5,7,9-10,14,18H,1-3,6,8H2,(H,20,21). The maximum absolute atomic E-state index is 12.4. The molecule has 5 heteroatoms. The molecular formula is C16H18BrN3O. The van der Waals surface area contributed by atoms with Gasteiger partial charge in [-0.3, -0.25) is 9.78 Å². The fraction of sp³-hybridized carbons (Fsp3) is 0.375. The number of pyridine rings is 1. The molecule has 1 amide bonds. The highest BCUT2D eigenvalue weighted by atomic mass is 79.9. The van der Waals surface area contributed by atoms with Gasteiger partial charge in [-0.2, -0.15) is 0 Å². The van der Waals surface area contributed by atoms with Crippen molar-refractivity contribution in [1.82, 2.24) is 10.3 Å². The van der Waals surface area contributed by atoms with Crippen LogP contribution in [0.5, 0.6) is 0 Å². The van der Waals surface area contributed by atoms with Crippen molar-refractivity contribution >= 4 is 38.4 Å². The summed E-state index contributed by atoms with van der Waals surface area (Å²) in [7, 11) is 0. The summed E-state index contributed by atoms with van der Waals surface area (Å²) in [5.74, 6) is 0.0362. The highest BCUT2D eigenvalue weighted by Crippen LogP contribution is 2.24. The first-order valence-electron chi connectivity index (χ1n) is 7.32. The molecule has 0 bridgehead atoms. The number of carbonyl (C=O) groups excluding carboxylic acids is 1. The molecule has 1 aromatic heterocycles. The number of amides is 1. The summed E-state index contributed by atoms with van der Waals surface area (Å²) in [5, 5.41) is 7.35. The number of benzene rings is 1. The predicted molar refractivity (Wildman–Crippen MR) is 88.3 cm³/mol. The van der Waals surface area contributed by atoms with E-state index in [2.05, 4.69) is 31.5 Å². The first-order valence-corrected chi connectivity index (χ1v) is 8.12. The number of halogens is 1. The van der Waals surface area contributed by atoms with Crippen molar-refractivity contribution in [2.24, 2.45) is 0 Å². The third kappa shape index (κ3) is 3.41. The highest BCUT2D eigenvalue weighted by molar-refractivity contribution is 9.10. The van der Waals surface area contributed by atoms with Crippen molar-refractivity contribution < 1.29 is 4.79 Å². The van der Waals surface area contributed by atoms with Crippen LogP contribution in [0.2, 0.25) is 0 Å². The number of hydrogen-bond acceptors (Lipinski definition) is 3. The Balaban J connectivity index is 1.82. The van der Waals surface area contributed by atoms with Crippen molar-refractivity contribution in [3.63, 3.8) is 0 Å². The van der Waals surface area contributed by atoms with Gasteiger partial charge in [-0.05, 0) is 47.4 Å². The molecule has 2 heterocycles. The largest absolute Gasteiger partial charge is 0.323 e. The quantitative estimate of drug-likeness (QED) is 0.874. The molecule has 1 aliphatic rings.